The topological polar surface area (TPSA) is 75.7 Å². The van der Waals surface area contributed by atoms with Crippen LogP contribution in [0, 0.1) is 0 Å². The van der Waals surface area contributed by atoms with E-state index in [2.05, 4.69) is 5.32 Å². The van der Waals surface area contributed by atoms with E-state index >= 15 is 0 Å². The van der Waals surface area contributed by atoms with E-state index in [4.69, 9.17) is 4.74 Å². The summed E-state index contributed by atoms with van der Waals surface area (Å²) in [6.07, 6.45) is 1.36. The van der Waals surface area contributed by atoms with E-state index in [1.54, 1.807) is 24.3 Å². The second-order valence-electron chi connectivity index (χ2n) is 6.08. The molecule has 1 N–H and O–H groups in total. The molecule has 2 aromatic rings. The normalized spacial score (nSPS) is 11.4. The third-order valence-electron chi connectivity index (χ3n) is 3.45. The fourth-order valence-corrected chi connectivity index (χ4v) is 4.05. The summed E-state index contributed by atoms with van der Waals surface area (Å²) >= 11 is 1.52. The molecule has 0 bridgehead atoms. The van der Waals surface area contributed by atoms with Gasteiger partial charge in [-0.2, -0.15) is 0 Å². The number of para-hydroxylation sites is 2. The maximum absolute atomic E-state index is 12.3. The van der Waals surface area contributed by atoms with Crippen molar-refractivity contribution in [3.8, 4) is 5.75 Å². The Labute approximate surface area is 158 Å². The number of rotatable bonds is 9. The minimum Gasteiger partial charge on any atom is -0.489 e. The Morgan fingerprint density at radius 2 is 1.96 bits per heavy atom. The van der Waals surface area contributed by atoms with Gasteiger partial charge >= 0.3 is 0 Å². The van der Waals surface area contributed by atoms with Crippen LogP contribution in [0.15, 0.2) is 41.8 Å². The van der Waals surface area contributed by atoms with Crippen LogP contribution in [0.5, 0.6) is 5.75 Å². The van der Waals surface area contributed by atoms with Gasteiger partial charge in [0.1, 0.15) is 5.75 Å². The van der Waals surface area contributed by atoms with Gasteiger partial charge in [-0.05, 0) is 37.4 Å². The highest BCUT2D eigenvalue weighted by Gasteiger charge is 2.21. The van der Waals surface area contributed by atoms with Crippen molar-refractivity contribution in [1.82, 2.24) is 5.32 Å². The molecule has 8 heteroatoms. The maximum Gasteiger partial charge on any atom is 0.232 e. The van der Waals surface area contributed by atoms with E-state index in [-0.39, 0.29) is 25.1 Å². The number of nitrogens with zero attached hydrogens (tertiary/aromatic N) is 1. The number of ether oxygens (including phenoxy) is 1. The van der Waals surface area contributed by atoms with E-state index < -0.39 is 10.0 Å². The number of nitrogens with one attached hydrogen (secondary N) is 1. The third-order valence-corrected chi connectivity index (χ3v) is 5.51. The summed E-state index contributed by atoms with van der Waals surface area (Å²) in [6.45, 7) is 4.11. The van der Waals surface area contributed by atoms with Gasteiger partial charge in [-0.1, -0.05) is 18.2 Å². The first-order valence-corrected chi connectivity index (χ1v) is 11.0. The number of hydrogen-bond acceptors (Lipinski definition) is 5. The molecule has 6 nitrogen and oxygen atoms in total. The van der Waals surface area contributed by atoms with Crippen molar-refractivity contribution in [3.05, 3.63) is 46.7 Å². The first-order chi connectivity index (χ1) is 12.3. The number of amides is 1. The van der Waals surface area contributed by atoms with Crippen molar-refractivity contribution in [3.63, 3.8) is 0 Å². The number of hydrogen-bond donors (Lipinski definition) is 1. The highest BCUT2D eigenvalue weighted by atomic mass is 32.2. The first-order valence-electron chi connectivity index (χ1n) is 8.30. The van der Waals surface area contributed by atoms with E-state index in [1.807, 2.05) is 31.4 Å². The van der Waals surface area contributed by atoms with E-state index in [1.165, 1.54) is 15.6 Å². The molecule has 1 amide bonds. The molecule has 0 unspecified atom stereocenters. The summed E-state index contributed by atoms with van der Waals surface area (Å²) in [7, 11) is -3.52. The lowest BCUT2D eigenvalue weighted by atomic mass is 10.3. The van der Waals surface area contributed by atoms with Gasteiger partial charge in [0.05, 0.1) is 31.0 Å². The zero-order valence-corrected chi connectivity index (χ0v) is 16.8. The molecule has 0 aliphatic rings. The lowest BCUT2D eigenvalue weighted by molar-refractivity contribution is -0.120. The highest BCUT2D eigenvalue weighted by molar-refractivity contribution is 7.92. The predicted molar refractivity (Wildman–Crippen MR) is 105 cm³/mol. The number of sulfonamides is 1. The maximum atomic E-state index is 12.3. The van der Waals surface area contributed by atoms with Gasteiger partial charge in [0.15, 0.2) is 0 Å². The summed E-state index contributed by atoms with van der Waals surface area (Å²) in [5.41, 5.74) is 0.469. The lowest BCUT2D eigenvalue weighted by Crippen LogP contribution is -2.38. The molecule has 1 aromatic carbocycles. The molecule has 0 fully saturated rings. The van der Waals surface area contributed by atoms with Gasteiger partial charge in [0.2, 0.25) is 15.9 Å². The molecular formula is C18H24N2O4S2. The molecule has 1 heterocycles. The van der Waals surface area contributed by atoms with Crippen molar-refractivity contribution in [1.29, 1.82) is 0 Å². The van der Waals surface area contributed by atoms with Crippen molar-refractivity contribution in [2.24, 2.45) is 0 Å². The Morgan fingerprint density at radius 3 is 2.58 bits per heavy atom. The first kappa shape index (κ1) is 20.3. The van der Waals surface area contributed by atoms with Crippen molar-refractivity contribution in [2.45, 2.75) is 26.4 Å². The Morgan fingerprint density at radius 1 is 1.23 bits per heavy atom. The SMILES string of the molecule is CC(C)Oc1ccccc1N(CCNC(=O)Cc1cccs1)S(C)(=O)=O. The molecule has 0 saturated carbocycles. The van der Waals surface area contributed by atoms with Gasteiger partial charge in [-0.3, -0.25) is 9.10 Å². The molecule has 0 atom stereocenters. The van der Waals surface area contributed by atoms with Crippen LogP contribution >= 0.6 is 11.3 Å². The van der Waals surface area contributed by atoms with Crippen molar-refractivity contribution >= 4 is 33.0 Å². The second-order valence-corrected chi connectivity index (χ2v) is 9.01. The molecule has 142 valence electrons. The summed E-state index contributed by atoms with van der Waals surface area (Å²) in [4.78, 5) is 13.0. The van der Waals surface area contributed by atoms with Gasteiger partial charge in [-0.15, -0.1) is 11.3 Å². The van der Waals surface area contributed by atoms with Crippen molar-refractivity contribution in [2.75, 3.05) is 23.7 Å². The smallest absolute Gasteiger partial charge is 0.232 e. The molecule has 26 heavy (non-hydrogen) atoms. The number of anilines is 1. The van der Waals surface area contributed by atoms with Gasteiger partial charge in [-0.25, -0.2) is 8.42 Å². The molecule has 1 aromatic heterocycles. The Balaban J connectivity index is 2.06. The van der Waals surface area contributed by atoms with Crippen LogP contribution in [0.1, 0.15) is 18.7 Å². The van der Waals surface area contributed by atoms with Crippen LogP contribution in [0.3, 0.4) is 0 Å². The van der Waals surface area contributed by atoms with Crippen molar-refractivity contribution < 1.29 is 17.9 Å². The second kappa shape index (κ2) is 9.05. The van der Waals surface area contributed by atoms with Crippen LogP contribution in [0.4, 0.5) is 5.69 Å². The zero-order valence-electron chi connectivity index (χ0n) is 15.1. The standard InChI is InChI=1S/C18H24N2O4S2/c1-14(2)24-17-9-5-4-8-16(17)20(26(3,22)23)11-10-19-18(21)13-15-7-6-12-25-15/h4-9,12,14H,10-11,13H2,1-3H3,(H,19,21). The predicted octanol–water partition coefficient (Wildman–Crippen LogP) is 2.66. The molecule has 0 saturated heterocycles. The van der Waals surface area contributed by atoms with E-state index in [0.717, 1.165) is 11.1 Å². The largest absolute Gasteiger partial charge is 0.489 e. The number of carbonyl (C=O) groups is 1. The number of benzene rings is 1. The van der Waals surface area contributed by atoms with Gasteiger partial charge < -0.3 is 10.1 Å². The van der Waals surface area contributed by atoms with Crippen LogP contribution in [0.25, 0.3) is 0 Å². The fourth-order valence-electron chi connectivity index (χ4n) is 2.41. The molecule has 0 spiro atoms. The van der Waals surface area contributed by atoms with Gasteiger partial charge in [0.25, 0.3) is 0 Å². The van der Waals surface area contributed by atoms with Crippen LogP contribution < -0.4 is 14.4 Å². The summed E-state index contributed by atoms with van der Waals surface area (Å²) < 4.78 is 31.5. The molecule has 2 rings (SSSR count). The fraction of sp³-hybridized carbons (Fsp3) is 0.389. The Bertz CT molecular complexity index is 817. The van der Waals surface area contributed by atoms with E-state index in [9.17, 15) is 13.2 Å². The summed E-state index contributed by atoms with van der Waals surface area (Å²) in [5.74, 6) is 0.366. The minimum absolute atomic E-state index is 0.0805. The average Bonchev–Trinajstić information content (AvgIpc) is 3.03. The monoisotopic (exact) mass is 396 g/mol. The summed E-state index contributed by atoms with van der Waals surface area (Å²) in [5, 5.41) is 4.69. The van der Waals surface area contributed by atoms with Crippen LogP contribution in [-0.2, 0) is 21.2 Å². The Hall–Kier alpha value is -2.06. The quantitative estimate of drug-likeness (QED) is 0.707. The lowest BCUT2D eigenvalue weighted by Gasteiger charge is -2.25. The highest BCUT2D eigenvalue weighted by Crippen LogP contribution is 2.30. The molecular weight excluding hydrogens is 372 g/mol. The molecule has 0 aliphatic carbocycles. The zero-order chi connectivity index (χ0) is 19.2. The number of thiophene rings is 1. The summed E-state index contributed by atoms with van der Waals surface area (Å²) in [6, 6.07) is 10.8. The minimum atomic E-state index is -3.52. The van der Waals surface area contributed by atoms with Gasteiger partial charge in [0, 0.05) is 11.4 Å². The molecule has 0 aliphatic heterocycles. The third kappa shape index (κ3) is 6.03. The Kier molecular flexibility index (Phi) is 7.05. The molecule has 0 radical (unpaired) electrons. The van der Waals surface area contributed by atoms with Crippen LogP contribution in [-0.4, -0.2) is 39.8 Å². The average molecular weight is 397 g/mol. The van der Waals surface area contributed by atoms with E-state index in [0.29, 0.717) is 17.9 Å². The number of carbonyl (C=O) groups excluding carboxylic acids is 1. The van der Waals surface area contributed by atoms with Crippen LogP contribution in [0.2, 0.25) is 0 Å².